The van der Waals surface area contributed by atoms with Gasteiger partial charge in [0, 0.05) is 62.5 Å². The maximum Gasteiger partial charge on any atom is 0.232 e. The van der Waals surface area contributed by atoms with E-state index in [1.165, 1.54) is 10.9 Å². The van der Waals surface area contributed by atoms with Crippen LogP contribution in [0.2, 0.25) is 0 Å². The Labute approximate surface area is 189 Å². The highest BCUT2D eigenvalue weighted by Gasteiger charge is 2.47. The summed E-state index contributed by atoms with van der Waals surface area (Å²) in [4.78, 5) is 35.0. The van der Waals surface area contributed by atoms with Crippen LogP contribution in [0.5, 0.6) is 0 Å². The van der Waals surface area contributed by atoms with Crippen molar-refractivity contribution < 1.29 is 19.8 Å². The summed E-state index contributed by atoms with van der Waals surface area (Å²) in [5, 5.41) is 32.5. The van der Waals surface area contributed by atoms with Crippen molar-refractivity contribution in [3.8, 4) is 17.3 Å². The highest BCUT2D eigenvalue weighted by Crippen LogP contribution is 2.34. The molecule has 1 aliphatic heterocycles. The number of amides is 1. The van der Waals surface area contributed by atoms with Gasteiger partial charge in [0.15, 0.2) is 5.65 Å². The van der Waals surface area contributed by atoms with E-state index in [-0.39, 0.29) is 44.3 Å². The summed E-state index contributed by atoms with van der Waals surface area (Å²) in [7, 11) is 0. The number of carbonyl (C=O) groups is 2. The highest BCUT2D eigenvalue weighted by atomic mass is 16.3. The van der Waals surface area contributed by atoms with Gasteiger partial charge in [-0.15, -0.1) is 0 Å². The lowest BCUT2D eigenvalue weighted by Crippen LogP contribution is -2.64. The van der Waals surface area contributed by atoms with Crippen molar-refractivity contribution in [2.75, 3.05) is 26.3 Å². The topological polar surface area (TPSA) is 150 Å². The Balaban J connectivity index is 1.59. The van der Waals surface area contributed by atoms with Crippen LogP contribution >= 0.6 is 0 Å². The zero-order valence-corrected chi connectivity index (χ0v) is 18.1. The largest absolute Gasteiger partial charge is 0.396 e. The normalized spacial score (nSPS) is 14.8. The molecule has 0 aromatic carbocycles. The van der Waals surface area contributed by atoms with Gasteiger partial charge in [-0.1, -0.05) is 0 Å². The molecule has 0 aliphatic carbocycles. The SMILES string of the molecule is N#CCC1(n2cc(-c3ncnc4c3ccn4C(=O)CCCO)cn2)CN(C(=O)CCCO)C1. The van der Waals surface area contributed by atoms with E-state index in [4.69, 9.17) is 10.2 Å². The number of aliphatic hydroxyl groups is 2. The Hall–Kier alpha value is -3.62. The van der Waals surface area contributed by atoms with Crippen LogP contribution in [0.25, 0.3) is 22.3 Å². The Morgan fingerprint density at radius 1 is 1.12 bits per heavy atom. The molecular weight excluding hydrogens is 426 g/mol. The Kier molecular flexibility index (Phi) is 6.48. The number of nitrogens with zero attached hydrogens (tertiary/aromatic N) is 7. The van der Waals surface area contributed by atoms with Gasteiger partial charge in [0.05, 0.1) is 24.4 Å². The Morgan fingerprint density at radius 2 is 1.85 bits per heavy atom. The lowest BCUT2D eigenvalue weighted by molar-refractivity contribution is -0.142. The molecule has 0 bridgehead atoms. The number of likely N-dealkylation sites (tertiary alicyclic amines) is 1. The summed E-state index contributed by atoms with van der Waals surface area (Å²) in [6.45, 7) is 0.661. The highest BCUT2D eigenvalue weighted by molar-refractivity contribution is 5.96. The predicted octanol–water partition coefficient (Wildman–Crippen LogP) is 0.931. The fourth-order valence-electron chi connectivity index (χ4n) is 4.15. The number of hydrogen-bond donors (Lipinski definition) is 2. The third kappa shape index (κ3) is 4.22. The minimum Gasteiger partial charge on any atom is -0.396 e. The molecule has 4 rings (SSSR count). The van der Waals surface area contributed by atoms with Gasteiger partial charge >= 0.3 is 0 Å². The van der Waals surface area contributed by atoms with E-state index in [0.29, 0.717) is 48.2 Å². The summed E-state index contributed by atoms with van der Waals surface area (Å²) in [6, 6.07) is 3.97. The van der Waals surface area contributed by atoms with Crippen molar-refractivity contribution in [3.63, 3.8) is 0 Å². The number of fused-ring (bicyclic) bond motifs is 1. The number of rotatable bonds is 9. The molecule has 0 unspecified atom stereocenters. The third-order valence-electron chi connectivity index (χ3n) is 5.92. The molecule has 172 valence electrons. The molecule has 4 heterocycles. The summed E-state index contributed by atoms with van der Waals surface area (Å²) < 4.78 is 3.18. The van der Waals surface area contributed by atoms with E-state index < -0.39 is 5.54 Å². The van der Waals surface area contributed by atoms with Crippen LogP contribution in [0.4, 0.5) is 0 Å². The number of aromatic nitrogens is 5. The second-order valence-electron chi connectivity index (χ2n) is 8.18. The molecule has 1 fully saturated rings. The summed E-state index contributed by atoms with van der Waals surface area (Å²) in [5.41, 5.74) is 1.19. The molecule has 1 saturated heterocycles. The maximum atomic E-state index is 12.4. The quantitative estimate of drug-likeness (QED) is 0.488. The van der Waals surface area contributed by atoms with Crippen LogP contribution in [-0.4, -0.2) is 77.5 Å². The smallest absolute Gasteiger partial charge is 0.232 e. The van der Waals surface area contributed by atoms with Gasteiger partial charge < -0.3 is 15.1 Å². The van der Waals surface area contributed by atoms with E-state index in [0.717, 1.165) is 0 Å². The van der Waals surface area contributed by atoms with Gasteiger partial charge in [-0.2, -0.15) is 10.4 Å². The zero-order valence-electron chi connectivity index (χ0n) is 18.1. The van der Waals surface area contributed by atoms with E-state index in [2.05, 4.69) is 21.1 Å². The number of carbonyl (C=O) groups excluding carboxylic acids is 2. The van der Waals surface area contributed by atoms with Gasteiger partial charge in [0.25, 0.3) is 0 Å². The molecular formula is C22H25N7O4. The van der Waals surface area contributed by atoms with Crippen LogP contribution in [0.15, 0.2) is 31.0 Å². The molecule has 0 spiro atoms. The average molecular weight is 451 g/mol. The van der Waals surface area contributed by atoms with Crippen LogP contribution in [0.3, 0.4) is 0 Å². The molecule has 11 nitrogen and oxygen atoms in total. The van der Waals surface area contributed by atoms with E-state index in [1.54, 1.807) is 34.2 Å². The summed E-state index contributed by atoms with van der Waals surface area (Å²) in [5.74, 6) is -0.206. The van der Waals surface area contributed by atoms with E-state index in [1.807, 2.05) is 0 Å². The Morgan fingerprint density at radius 3 is 2.55 bits per heavy atom. The fraction of sp³-hybridized carbons (Fsp3) is 0.455. The maximum absolute atomic E-state index is 12.4. The van der Waals surface area contributed by atoms with Crippen molar-refractivity contribution in [2.24, 2.45) is 0 Å². The molecule has 0 radical (unpaired) electrons. The minimum absolute atomic E-state index is 0.0341. The number of nitriles is 1. The second kappa shape index (κ2) is 9.48. The van der Waals surface area contributed by atoms with Gasteiger partial charge in [-0.3, -0.25) is 18.8 Å². The van der Waals surface area contributed by atoms with Crippen molar-refractivity contribution in [1.82, 2.24) is 29.2 Å². The lowest BCUT2D eigenvalue weighted by atomic mass is 9.86. The minimum atomic E-state index is -0.611. The van der Waals surface area contributed by atoms with Crippen molar-refractivity contribution >= 4 is 22.8 Å². The first-order valence-corrected chi connectivity index (χ1v) is 10.8. The lowest BCUT2D eigenvalue weighted by Gasteiger charge is -2.49. The van der Waals surface area contributed by atoms with E-state index >= 15 is 0 Å². The standard InChI is InChI=1S/C22H25N7O4/c23-7-6-22(13-27(14-22)18(32)3-1-9-30)29-12-16(11-26-29)20-17-5-8-28(19(33)4-2-10-31)21(17)25-15-24-20/h5,8,11-12,15,30-31H,1-4,6,9-10,13-14H2. The van der Waals surface area contributed by atoms with Gasteiger partial charge in [-0.25, -0.2) is 9.97 Å². The molecule has 0 atom stereocenters. The molecule has 11 heteroatoms. The zero-order chi connectivity index (χ0) is 23.4. The Bertz CT molecular complexity index is 1200. The van der Waals surface area contributed by atoms with E-state index in [9.17, 15) is 14.9 Å². The van der Waals surface area contributed by atoms with Crippen LogP contribution in [0, 0.1) is 11.3 Å². The molecule has 1 aliphatic rings. The van der Waals surface area contributed by atoms with Crippen molar-refractivity contribution in [2.45, 2.75) is 37.6 Å². The van der Waals surface area contributed by atoms with Crippen molar-refractivity contribution in [3.05, 3.63) is 31.0 Å². The fourth-order valence-corrected chi connectivity index (χ4v) is 4.15. The van der Waals surface area contributed by atoms with Crippen LogP contribution in [-0.2, 0) is 10.3 Å². The molecule has 0 saturated carbocycles. The first-order chi connectivity index (χ1) is 16.0. The van der Waals surface area contributed by atoms with Crippen LogP contribution < -0.4 is 0 Å². The molecule has 33 heavy (non-hydrogen) atoms. The monoisotopic (exact) mass is 451 g/mol. The number of aliphatic hydroxyl groups excluding tert-OH is 2. The van der Waals surface area contributed by atoms with Gasteiger partial charge in [0.2, 0.25) is 11.8 Å². The molecule has 3 aromatic rings. The summed E-state index contributed by atoms with van der Waals surface area (Å²) in [6.07, 6.45) is 7.97. The number of hydrogen-bond acceptors (Lipinski definition) is 8. The first kappa shape index (κ1) is 22.6. The van der Waals surface area contributed by atoms with Crippen molar-refractivity contribution in [1.29, 1.82) is 5.26 Å². The third-order valence-corrected chi connectivity index (χ3v) is 5.92. The van der Waals surface area contributed by atoms with Gasteiger partial charge in [0.1, 0.15) is 11.9 Å². The van der Waals surface area contributed by atoms with Crippen LogP contribution in [0.1, 0.15) is 36.9 Å². The molecule has 2 N–H and O–H groups in total. The molecule has 1 amide bonds. The van der Waals surface area contributed by atoms with Gasteiger partial charge in [-0.05, 0) is 18.9 Å². The average Bonchev–Trinajstić information content (AvgIpc) is 3.45. The first-order valence-electron chi connectivity index (χ1n) is 10.8. The second-order valence-corrected chi connectivity index (χ2v) is 8.18. The molecule has 3 aromatic heterocycles. The predicted molar refractivity (Wildman–Crippen MR) is 117 cm³/mol. The summed E-state index contributed by atoms with van der Waals surface area (Å²) >= 11 is 0.